The predicted octanol–water partition coefficient (Wildman–Crippen LogP) is 1.24. The first kappa shape index (κ1) is 13.2. The number of likely N-dealkylation sites (N-methyl/N-ethyl adjacent to an activating group) is 1. The van der Waals surface area contributed by atoms with E-state index < -0.39 is 0 Å². The van der Waals surface area contributed by atoms with Crippen LogP contribution in [0.3, 0.4) is 0 Å². The second-order valence-electron chi connectivity index (χ2n) is 6.26. The molecular formula is C14H27N3S. The highest BCUT2D eigenvalue weighted by Crippen LogP contribution is 2.33. The molecule has 0 radical (unpaired) electrons. The van der Waals surface area contributed by atoms with Crippen molar-refractivity contribution in [3.8, 4) is 0 Å². The van der Waals surface area contributed by atoms with E-state index in [1.165, 1.54) is 50.3 Å². The SMILES string of the molecule is CN1C2CCC1CN(C(CN)C1CCSC1)CC2. The van der Waals surface area contributed by atoms with Gasteiger partial charge in [-0.3, -0.25) is 9.80 Å². The Bertz CT molecular complexity index is 280. The highest BCUT2D eigenvalue weighted by Gasteiger charge is 2.38. The molecule has 3 aliphatic rings. The van der Waals surface area contributed by atoms with Crippen molar-refractivity contribution in [1.82, 2.24) is 9.80 Å². The second-order valence-corrected chi connectivity index (χ2v) is 7.41. The normalized spacial score (nSPS) is 40.0. The van der Waals surface area contributed by atoms with Crippen LogP contribution in [0.4, 0.5) is 0 Å². The fourth-order valence-corrected chi connectivity index (χ4v) is 5.46. The summed E-state index contributed by atoms with van der Waals surface area (Å²) < 4.78 is 0. The van der Waals surface area contributed by atoms with Gasteiger partial charge in [-0.25, -0.2) is 0 Å². The van der Waals surface area contributed by atoms with E-state index >= 15 is 0 Å². The largest absolute Gasteiger partial charge is 0.329 e. The standard InChI is InChI=1S/C14H27N3S/c1-16-12-2-3-13(16)9-17(6-4-12)14(8-15)11-5-7-18-10-11/h11-14H,2-10,15H2,1H3. The first-order valence-corrected chi connectivity index (χ1v) is 8.69. The number of likely N-dealkylation sites (tertiary alicyclic amines) is 1. The van der Waals surface area contributed by atoms with Crippen LogP contribution in [-0.2, 0) is 0 Å². The van der Waals surface area contributed by atoms with Gasteiger partial charge in [0.2, 0.25) is 0 Å². The summed E-state index contributed by atoms with van der Waals surface area (Å²) in [7, 11) is 2.33. The number of hydrogen-bond acceptors (Lipinski definition) is 4. The molecule has 18 heavy (non-hydrogen) atoms. The molecule has 2 bridgehead atoms. The topological polar surface area (TPSA) is 32.5 Å². The van der Waals surface area contributed by atoms with E-state index in [1.54, 1.807) is 0 Å². The molecule has 4 heteroatoms. The zero-order valence-electron chi connectivity index (χ0n) is 11.6. The fraction of sp³-hybridized carbons (Fsp3) is 1.00. The van der Waals surface area contributed by atoms with Gasteiger partial charge in [0.25, 0.3) is 0 Å². The van der Waals surface area contributed by atoms with E-state index in [2.05, 4.69) is 28.6 Å². The molecule has 4 atom stereocenters. The molecule has 0 aromatic rings. The van der Waals surface area contributed by atoms with Crippen LogP contribution in [0.15, 0.2) is 0 Å². The summed E-state index contributed by atoms with van der Waals surface area (Å²) in [6.45, 7) is 3.39. The zero-order chi connectivity index (χ0) is 12.5. The van der Waals surface area contributed by atoms with Gasteiger partial charge >= 0.3 is 0 Å². The lowest BCUT2D eigenvalue weighted by Gasteiger charge is -2.36. The molecule has 0 aliphatic carbocycles. The lowest BCUT2D eigenvalue weighted by Crippen LogP contribution is -2.49. The van der Waals surface area contributed by atoms with E-state index in [4.69, 9.17) is 5.73 Å². The molecule has 3 heterocycles. The van der Waals surface area contributed by atoms with Gasteiger partial charge in [0.15, 0.2) is 0 Å². The Kier molecular flexibility index (Phi) is 4.18. The highest BCUT2D eigenvalue weighted by atomic mass is 32.2. The Morgan fingerprint density at radius 3 is 2.78 bits per heavy atom. The van der Waals surface area contributed by atoms with Gasteiger partial charge in [-0.1, -0.05) is 0 Å². The zero-order valence-corrected chi connectivity index (χ0v) is 12.4. The van der Waals surface area contributed by atoms with Crippen LogP contribution < -0.4 is 5.73 Å². The van der Waals surface area contributed by atoms with Crippen molar-refractivity contribution in [2.24, 2.45) is 11.7 Å². The van der Waals surface area contributed by atoms with Crippen LogP contribution in [-0.4, -0.2) is 66.1 Å². The molecule has 3 nitrogen and oxygen atoms in total. The summed E-state index contributed by atoms with van der Waals surface area (Å²) in [5.41, 5.74) is 6.10. The third kappa shape index (κ3) is 2.45. The maximum atomic E-state index is 6.10. The summed E-state index contributed by atoms with van der Waals surface area (Å²) in [4.78, 5) is 5.37. The fourth-order valence-electron chi connectivity index (χ4n) is 4.13. The average Bonchev–Trinajstić information content (AvgIpc) is 2.93. The van der Waals surface area contributed by atoms with Crippen molar-refractivity contribution in [2.45, 2.75) is 43.8 Å². The molecule has 2 N–H and O–H groups in total. The Balaban J connectivity index is 1.67. The summed E-state index contributed by atoms with van der Waals surface area (Å²) >= 11 is 2.12. The number of fused-ring (bicyclic) bond motifs is 2. The first-order chi connectivity index (χ1) is 8.79. The first-order valence-electron chi connectivity index (χ1n) is 7.53. The summed E-state index contributed by atoms with van der Waals surface area (Å²) in [6.07, 6.45) is 5.55. The highest BCUT2D eigenvalue weighted by molar-refractivity contribution is 7.99. The summed E-state index contributed by atoms with van der Waals surface area (Å²) in [5.74, 6) is 3.53. The van der Waals surface area contributed by atoms with E-state index in [0.717, 1.165) is 24.5 Å². The van der Waals surface area contributed by atoms with E-state index in [-0.39, 0.29) is 0 Å². The molecule has 3 rings (SSSR count). The Morgan fingerprint density at radius 1 is 1.22 bits per heavy atom. The number of nitrogens with zero attached hydrogens (tertiary/aromatic N) is 2. The Labute approximate surface area is 115 Å². The maximum Gasteiger partial charge on any atom is 0.0255 e. The Morgan fingerprint density at radius 2 is 2.06 bits per heavy atom. The molecular weight excluding hydrogens is 242 g/mol. The molecule has 0 aromatic heterocycles. The smallest absolute Gasteiger partial charge is 0.0255 e. The average molecular weight is 269 g/mol. The van der Waals surface area contributed by atoms with Crippen molar-refractivity contribution >= 4 is 11.8 Å². The minimum atomic E-state index is 0.646. The van der Waals surface area contributed by atoms with E-state index in [9.17, 15) is 0 Å². The quantitative estimate of drug-likeness (QED) is 0.835. The lowest BCUT2D eigenvalue weighted by molar-refractivity contribution is 0.138. The van der Waals surface area contributed by atoms with Crippen molar-refractivity contribution in [3.05, 3.63) is 0 Å². The second kappa shape index (κ2) is 5.70. The molecule has 0 amide bonds. The summed E-state index contributed by atoms with van der Waals surface area (Å²) in [5, 5.41) is 0. The third-order valence-corrected chi connectivity index (χ3v) is 6.59. The van der Waals surface area contributed by atoms with Gasteiger partial charge in [0.05, 0.1) is 0 Å². The monoisotopic (exact) mass is 269 g/mol. The van der Waals surface area contributed by atoms with Gasteiger partial charge in [-0.05, 0) is 50.2 Å². The minimum Gasteiger partial charge on any atom is -0.329 e. The van der Waals surface area contributed by atoms with Crippen LogP contribution in [0.1, 0.15) is 25.7 Å². The number of rotatable bonds is 3. The minimum absolute atomic E-state index is 0.646. The van der Waals surface area contributed by atoms with Crippen LogP contribution in [0.25, 0.3) is 0 Å². The van der Waals surface area contributed by atoms with Gasteiger partial charge in [-0.15, -0.1) is 0 Å². The number of nitrogens with two attached hydrogens (primary N) is 1. The van der Waals surface area contributed by atoms with Crippen molar-refractivity contribution < 1.29 is 0 Å². The predicted molar refractivity (Wildman–Crippen MR) is 79.0 cm³/mol. The van der Waals surface area contributed by atoms with Gasteiger partial charge in [0.1, 0.15) is 0 Å². The van der Waals surface area contributed by atoms with Gasteiger partial charge < -0.3 is 5.73 Å². The molecule has 0 aromatic carbocycles. The van der Waals surface area contributed by atoms with Crippen LogP contribution >= 0.6 is 11.8 Å². The van der Waals surface area contributed by atoms with Gasteiger partial charge in [-0.2, -0.15) is 11.8 Å². The van der Waals surface area contributed by atoms with Crippen LogP contribution in [0.2, 0.25) is 0 Å². The molecule has 4 unspecified atom stereocenters. The van der Waals surface area contributed by atoms with Crippen LogP contribution in [0.5, 0.6) is 0 Å². The number of thioether (sulfide) groups is 1. The molecule has 104 valence electrons. The molecule has 3 saturated heterocycles. The molecule has 3 fully saturated rings. The van der Waals surface area contributed by atoms with Gasteiger partial charge in [0, 0.05) is 37.8 Å². The van der Waals surface area contributed by atoms with Crippen molar-refractivity contribution in [3.63, 3.8) is 0 Å². The third-order valence-electron chi connectivity index (χ3n) is 5.40. The van der Waals surface area contributed by atoms with E-state index in [1.807, 2.05) is 0 Å². The van der Waals surface area contributed by atoms with Crippen molar-refractivity contribution in [2.75, 3.05) is 38.2 Å². The number of hydrogen-bond donors (Lipinski definition) is 1. The van der Waals surface area contributed by atoms with Crippen molar-refractivity contribution in [1.29, 1.82) is 0 Å². The maximum absolute atomic E-state index is 6.10. The van der Waals surface area contributed by atoms with E-state index in [0.29, 0.717) is 6.04 Å². The Hall–Kier alpha value is 0.230. The molecule has 0 spiro atoms. The molecule has 0 saturated carbocycles. The molecule has 3 aliphatic heterocycles. The summed E-state index contributed by atoms with van der Waals surface area (Å²) in [6, 6.07) is 2.28. The van der Waals surface area contributed by atoms with Crippen LogP contribution in [0, 0.1) is 5.92 Å². The lowest BCUT2D eigenvalue weighted by atomic mass is 9.96.